The molecule has 0 aliphatic heterocycles. The van der Waals surface area contributed by atoms with Gasteiger partial charge in [-0.05, 0) is 32.3 Å². The first-order valence-electron chi connectivity index (χ1n) is 9.65. The molecule has 1 aromatic carbocycles. The normalized spacial score (nSPS) is 13.2. The summed E-state index contributed by atoms with van der Waals surface area (Å²) in [7, 11) is 0. The van der Waals surface area contributed by atoms with Crippen LogP contribution >= 0.6 is 0 Å². The number of amides is 2. The van der Waals surface area contributed by atoms with Gasteiger partial charge in [-0.25, -0.2) is 9.59 Å². The van der Waals surface area contributed by atoms with Crippen LogP contribution in [0.4, 0.5) is 4.79 Å². The number of alkyl carbamates (subject to hydrolysis) is 1. The van der Waals surface area contributed by atoms with Gasteiger partial charge in [0.15, 0.2) is 0 Å². The van der Waals surface area contributed by atoms with Gasteiger partial charge in [-0.15, -0.1) is 0 Å². The molecule has 0 radical (unpaired) electrons. The molecule has 2 amide bonds. The van der Waals surface area contributed by atoms with Crippen LogP contribution in [0.15, 0.2) is 43.0 Å². The van der Waals surface area contributed by atoms with E-state index in [0.717, 1.165) is 5.56 Å². The molecule has 0 saturated heterocycles. The van der Waals surface area contributed by atoms with Gasteiger partial charge in [0.25, 0.3) is 0 Å². The zero-order chi connectivity index (χ0) is 22.0. The van der Waals surface area contributed by atoms with Crippen LogP contribution in [0.3, 0.4) is 0 Å². The highest BCUT2D eigenvalue weighted by Gasteiger charge is 2.30. The van der Waals surface area contributed by atoms with E-state index in [1.54, 1.807) is 34.6 Å². The van der Waals surface area contributed by atoms with Gasteiger partial charge in [-0.3, -0.25) is 4.79 Å². The van der Waals surface area contributed by atoms with E-state index in [2.05, 4.69) is 17.2 Å². The van der Waals surface area contributed by atoms with E-state index in [0.29, 0.717) is 0 Å². The van der Waals surface area contributed by atoms with Crippen LogP contribution < -0.4 is 10.6 Å². The maximum Gasteiger partial charge on any atom is 0.408 e. The van der Waals surface area contributed by atoms with E-state index in [9.17, 15) is 14.4 Å². The zero-order valence-corrected chi connectivity index (χ0v) is 17.9. The van der Waals surface area contributed by atoms with Crippen molar-refractivity contribution in [1.82, 2.24) is 10.6 Å². The Morgan fingerprint density at radius 3 is 2.24 bits per heavy atom. The molecule has 7 heteroatoms. The van der Waals surface area contributed by atoms with E-state index in [4.69, 9.17) is 9.47 Å². The molecule has 0 fully saturated rings. The minimum Gasteiger partial charge on any atom is -0.460 e. The molecule has 1 aromatic rings. The van der Waals surface area contributed by atoms with Crippen molar-refractivity contribution in [2.24, 2.45) is 5.92 Å². The van der Waals surface area contributed by atoms with E-state index < -0.39 is 35.7 Å². The molecule has 1 rings (SSSR count). The lowest BCUT2D eigenvalue weighted by Crippen LogP contribution is -2.54. The quantitative estimate of drug-likeness (QED) is 0.487. The number of carbonyl (C=O) groups is 3. The molecule has 0 unspecified atom stereocenters. The predicted octanol–water partition coefficient (Wildman–Crippen LogP) is 2.99. The monoisotopic (exact) mass is 404 g/mol. The van der Waals surface area contributed by atoms with E-state index in [1.807, 2.05) is 30.3 Å². The lowest BCUT2D eigenvalue weighted by Gasteiger charge is -2.26. The van der Waals surface area contributed by atoms with Crippen LogP contribution in [0.1, 0.15) is 40.2 Å². The minimum atomic E-state index is -0.916. The van der Waals surface area contributed by atoms with Gasteiger partial charge in [0.1, 0.15) is 24.3 Å². The van der Waals surface area contributed by atoms with Gasteiger partial charge in [0, 0.05) is 6.42 Å². The maximum atomic E-state index is 12.9. The Hall–Kier alpha value is -2.83. The van der Waals surface area contributed by atoms with Gasteiger partial charge in [-0.2, -0.15) is 0 Å². The topological polar surface area (TPSA) is 93.7 Å². The molecule has 0 aromatic heterocycles. The van der Waals surface area contributed by atoms with E-state index >= 15 is 0 Å². The Morgan fingerprint density at radius 2 is 1.72 bits per heavy atom. The van der Waals surface area contributed by atoms with Crippen LogP contribution in [0.2, 0.25) is 0 Å². The Labute approximate surface area is 172 Å². The summed E-state index contributed by atoms with van der Waals surface area (Å²) in [4.78, 5) is 37.4. The van der Waals surface area contributed by atoms with Crippen LogP contribution in [-0.2, 0) is 25.5 Å². The number of esters is 1. The second-order valence-electron chi connectivity index (χ2n) is 8.04. The van der Waals surface area contributed by atoms with Gasteiger partial charge < -0.3 is 20.1 Å². The summed E-state index contributed by atoms with van der Waals surface area (Å²) in [5.41, 5.74) is 0.159. The highest BCUT2D eigenvalue weighted by molar-refractivity contribution is 5.90. The Bertz CT molecular complexity index is 695. The molecule has 2 atom stereocenters. The molecule has 0 aliphatic carbocycles. The number of nitrogens with one attached hydrogen (secondary N) is 2. The molecular weight excluding hydrogens is 372 g/mol. The third kappa shape index (κ3) is 9.27. The SMILES string of the molecule is C=CCOC(=O)[C@@H](NC(=O)[C@H](Cc1ccccc1)NC(=O)OC(C)(C)C)C(C)C. The van der Waals surface area contributed by atoms with Crippen LogP contribution in [0.5, 0.6) is 0 Å². The molecule has 160 valence electrons. The average Bonchev–Trinajstić information content (AvgIpc) is 2.62. The maximum absolute atomic E-state index is 12.9. The number of ether oxygens (including phenoxy) is 2. The molecule has 0 bridgehead atoms. The first-order valence-corrected chi connectivity index (χ1v) is 9.65. The standard InChI is InChI=1S/C22H32N2O5/c1-7-13-28-20(26)18(15(2)3)24-19(25)17(14-16-11-9-8-10-12-16)23-21(27)29-22(4,5)6/h7-12,15,17-18H,1,13-14H2,2-6H3,(H,23,27)(H,24,25)/t17-,18-/m0/s1. The van der Waals surface area contributed by atoms with Crippen molar-refractivity contribution in [2.75, 3.05) is 6.61 Å². The number of hydrogen-bond donors (Lipinski definition) is 2. The van der Waals surface area contributed by atoms with Crippen molar-refractivity contribution >= 4 is 18.0 Å². The molecule has 7 nitrogen and oxygen atoms in total. The lowest BCUT2D eigenvalue weighted by atomic mass is 10.0. The number of rotatable bonds is 9. The summed E-state index contributed by atoms with van der Waals surface area (Å²) >= 11 is 0. The number of hydrogen-bond acceptors (Lipinski definition) is 5. The van der Waals surface area contributed by atoms with Crippen molar-refractivity contribution in [3.63, 3.8) is 0 Å². The summed E-state index contributed by atoms with van der Waals surface area (Å²) < 4.78 is 10.4. The number of benzene rings is 1. The highest BCUT2D eigenvalue weighted by Crippen LogP contribution is 2.10. The Morgan fingerprint density at radius 1 is 1.10 bits per heavy atom. The summed E-state index contributed by atoms with van der Waals surface area (Å²) in [6.45, 7) is 12.4. The summed E-state index contributed by atoms with van der Waals surface area (Å²) in [6.07, 6.45) is 1.00. The van der Waals surface area contributed by atoms with Crippen molar-refractivity contribution < 1.29 is 23.9 Å². The van der Waals surface area contributed by atoms with Gasteiger partial charge in [-0.1, -0.05) is 56.8 Å². The molecular formula is C22H32N2O5. The molecule has 2 N–H and O–H groups in total. The fourth-order valence-electron chi connectivity index (χ4n) is 2.49. The van der Waals surface area contributed by atoms with Gasteiger partial charge >= 0.3 is 12.1 Å². The number of carbonyl (C=O) groups excluding carboxylic acids is 3. The molecule has 0 heterocycles. The van der Waals surface area contributed by atoms with Crippen LogP contribution in [0.25, 0.3) is 0 Å². The average molecular weight is 405 g/mol. The third-order valence-electron chi connectivity index (χ3n) is 3.85. The summed E-state index contributed by atoms with van der Waals surface area (Å²) in [5.74, 6) is -1.24. The molecule has 0 saturated carbocycles. The van der Waals surface area contributed by atoms with Gasteiger partial charge in [0.2, 0.25) is 5.91 Å². The van der Waals surface area contributed by atoms with Crippen molar-refractivity contribution in [2.45, 2.75) is 58.7 Å². The first-order chi connectivity index (χ1) is 13.5. The molecule has 29 heavy (non-hydrogen) atoms. The molecule has 0 aliphatic rings. The van der Waals surface area contributed by atoms with Crippen LogP contribution in [0, 0.1) is 5.92 Å². The summed E-state index contributed by atoms with van der Waals surface area (Å²) in [5, 5.41) is 5.30. The molecule has 0 spiro atoms. The first kappa shape index (κ1) is 24.2. The highest BCUT2D eigenvalue weighted by atomic mass is 16.6. The summed E-state index contributed by atoms with van der Waals surface area (Å²) in [6, 6.07) is 7.51. The minimum absolute atomic E-state index is 0.0571. The van der Waals surface area contributed by atoms with E-state index in [-0.39, 0.29) is 18.9 Å². The van der Waals surface area contributed by atoms with Crippen molar-refractivity contribution in [1.29, 1.82) is 0 Å². The van der Waals surface area contributed by atoms with Crippen molar-refractivity contribution in [3.05, 3.63) is 48.6 Å². The van der Waals surface area contributed by atoms with Gasteiger partial charge in [0.05, 0.1) is 0 Å². The third-order valence-corrected chi connectivity index (χ3v) is 3.85. The predicted molar refractivity (Wildman–Crippen MR) is 111 cm³/mol. The Balaban J connectivity index is 2.96. The second-order valence-corrected chi connectivity index (χ2v) is 8.04. The van der Waals surface area contributed by atoms with Crippen LogP contribution in [-0.4, -0.2) is 42.3 Å². The Kier molecular flexibility index (Phi) is 9.38. The second kappa shape index (κ2) is 11.2. The zero-order valence-electron chi connectivity index (χ0n) is 17.9. The van der Waals surface area contributed by atoms with E-state index in [1.165, 1.54) is 6.08 Å². The lowest BCUT2D eigenvalue weighted by molar-refractivity contribution is -0.148. The fourth-order valence-corrected chi connectivity index (χ4v) is 2.49. The smallest absolute Gasteiger partial charge is 0.408 e. The largest absolute Gasteiger partial charge is 0.460 e. The fraction of sp³-hybridized carbons (Fsp3) is 0.500. The van der Waals surface area contributed by atoms with Crippen molar-refractivity contribution in [3.8, 4) is 0 Å².